The van der Waals surface area contributed by atoms with E-state index in [0.29, 0.717) is 6.61 Å². The molecule has 0 aliphatic rings. The highest BCUT2D eigenvalue weighted by atomic mass is 19.1. The third-order valence-corrected chi connectivity index (χ3v) is 1.80. The van der Waals surface area contributed by atoms with E-state index in [1.807, 2.05) is 0 Å². The van der Waals surface area contributed by atoms with Crippen molar-refractivity contribution in [3.63, 3.8) is 0 Å². The predicted molar refractivity (Wildman–Crippen MR) is 54.6 cm³/mol. The van der Waals surface area contributed by atoms with Gasteiger partial charge in [0, 0.05) is 6.42 Å². The van der Waals surface area contributed by atoms with Crippen molar-refractivity contribution in [3.8, 4) is 0 Å². The number of halogens is 1. The molecule has 0 aromatic heterocycles. The van der Waals surface area contributed by atoms with Crippen LogP contribution in [0.3, 0.4) is 0 Å². The summed E-state index contributed by atoms with van der Waals surface area (Å²) in [4.78, 5) is 10.9. The number of carbonyl (C=O) groups excluding carboxylic acids is 1. The SMILES string of the molecule is CCCC/C=C(\F)CCC(=O)OCC. The van der Waals surface area contributed by atoms with Crippen molar-refractivity contribution in [2.45, 2.75) is 46.0 Å². The Bertz CT molecular complexity index is 188. The van der Waals surface area contributed by atoms with Crippen molar-refractivity contribution in [2.24, 2.45) is 0 Å². The minimum absolute atomic E-state index is 0.141. The topological polar surface area (TPSA) is 26.3 Å². The van der Waals surface area contributed by atoms with Crippen LogP contribution in [-0.4, -0.2) is 12.6 Å². The molecule has 0 saturated heterocycles. The van der Waals surface area contributed by atoms with Crippen molar-refractivity contribution in [1.82, 2.24) is 0 Å². The second kappa shape index (κ2) is 8.73. The van der Waals surface area contributed by atoms with Crippen LogP contribution < -0.4 is 0 Å². The Morgan fingerprint density at radius 2 is 2.07 bits per heavy atom. The number of ether oxygens (including phenoxy) is 1. The molecule has 0 spiro atoms. The van der Waals surface area contributed by atoms with Crippen molar-refractivity contribution in [2.75, 3.05) is 6.61 Å². The Labute approximate surface area is 85.1 Å². The van der Waals surface area contributed by atoms with Gasteiger partial charge in [0.1, 0.15) is 0 Å². The first kappa shape index (κ1) is 13.1. The highest BCUT2D eigenvalue weighted by molar-refractivity contribution is 5.69. The molecule has 0 atom stereocenters. The van der Waals surface area contributed by atoms with Crippen LogP contribution >= 0.6 is 0 Å². The van der Waals surface area contributed by atoms with Crippen LogP contribution in [-0.2, 0) is 9.53 Å². The summed E-state index contributed by atoms with van der Waals surface area (Å²) in [6.45, 7) is 4.16. The van der Waals surface area contributed by atoms with E-state index in [1.165, 1.54) is 0 Å². The van der Waals surface area contributed by atoms with Crippen molar-refractivity contribution in [3.05, 3.63) is 11.9 Å². The fourth-order valence-corrected chi connectivity index (χ4v) is 1.02. The number of unbranched alkanes of at least 4 members (excludes halogenated alkanes) is 2. The second-order valence-corrected chi connectivity index (χ2v) is 3.10. The molecule has 0 saturated carbocycles. The zero-order valence-electron chi connectivity index (χ0n) is 9.01. The Balaban J connectivity index is 3.56. The number of esters is 1. The highest BCUT2D eigenvalue weighted by Crippen LogP contribution is 2.09. The predicted octanol–water partition coefficient (Wildman–Crippen LogP) is 3.37. The molecular weight excluding hydrogens is 183 g/mol. The van der Waals surface area contributed by atoms with Gasteiger partial charge in [-0.15, -0.1) is 0 Å². The van der Waals surface area contributed by atoms with E-state index < -0.39 is 0 Å². The van der Waals surface area contributed by atoms with Crippen LogP contribution in [0.15, 0.2) is 11.9 Å². The maximum Gasteiger partial charge on any atom is 0.306 e. The summed E-state index contributed by atoms with van der Waals surface area (Å²) >= 11 is 0. The molecule has 0 aliphatic heterocycles. The highest BCUT2D eigenvalue weighted by Gasteiger charge is 2.03. The van der Waals surface area contributed by atoms with Crippen LogP contribution in [0, 0.1) is 0 Å². The lowest BCUT2D eigenvalue weighted by molar-refractivity contribution is -0.143. The van der Waals surface area contributed by atoms with E-state index in [0.717, 1.165) is 19.3 Å². The molecule has 82 valence electrons. The van der Waals surface area contributed by atoms with E-state index in [9.17, 15) is 9.18 Å². The molecule has 0 radical (unpaired) electrons. The maximum absolute atomic E-state index is 13.0. The Morgan fingerprint density at radius 1 is 1.36 bits per heavy atom. The summed E-state index contributed by atoms with van der Waals surface area (Å²) in [5.74, 6) is -0.530. The average Bonchev–Trinajstić information content (AvgIpc) is 2.16. The number of carbonyl (C=O) groups is 1. The monoisotopic (exact) mass is 202 g/mol. The van der Waals surface area contributed by atoms with Gasteiger partial charge in [-0.3, -0.25) is 4.79 Å². The first-order chi connectivity index (χ1) is 6.70. The third-order valence-electron chi connectivity index (χ3n) is 1.80. The van der Waals surface area contributed by atoms with Gasteiger partial charge in [-0.1, -0.05) is 19.4 Å². The first-order valence-corrected chi connectivity index (χ1v) is 5.20. The lowest BCUT2D eigenvalue weighted by Gasteiger charge is -1.99. The second-order valence-electron chi connectivity index (χ2n) is 3.10. The van der Waals surface area contributed by atoms with Crippen molar-refractivity contribution < 1.29 is 13.9 Å². The van der Waals surface area contributed by atoms with Gasteiger partial charge in [0.25, 0.3) is 0 Å². The van der Waals surface area contributed by atoms with Crippen LogP contribution in [0.25, 0.3) is 0 Å². The fraction of sp³-hybridized carbons (Fsp3) is 0.727. The van der Waals surface area contributed by atoms with Gasteiger partial charge in [-0.25, -0.2) is 4.39 Å². The Hall–Kier alpha value is -0.860. The van der Waals surface area contributed by atoms with Crippen molar-refractivity contribution in [1.29, 1.82) is 0 Å². The molecule has 0 aliphatic carbocycles. The molecule has 0 heterocycles. The largest absolute Gasteiger partial charge is 0.466 e. The van der Waals surface area contributed by atoms with E-state index in [2.05, 4.69) is 11.7 Å². The summed E-state index contributed by atoms with van der Waals surface area (Å²) in [6, 6.07) is 0. The first-order valence-electron chi connectivity index (χ1n) is 5.20. The lowest BCUT2D eigenvalue weighted by atomic mass is 10.2. The molecule has 0 fully saturated rings. The Morgan fingerprint density at radius 3 is 2.64 bits per heavy atom. The number of hydrogen-bond donors (Lipinski definition) is 0. The zero-order valence-corrected chi connectivity index (χ0v) is 9.01. The number of allylic oxidation sites excluding steroid dienone is 2. The molecule has 0 bridgehead atoms. The van der Waals surface area contributed by atoms with Crippen LogP contribution in [0.5, 0.6) is 0 Å². The van der Waals surface area contributed by atoms with Crippen LogP contribution in [0.1, 0.15) is 46.0 Å². The molecule has 0 rings (SSSR count). The number of hydrogen-bond acceptors (Lipinski definition) is 2. The summed E-state index contributed by atoms with van der Waals surface area (Å²) in [7, 11) is 0. The molecule has 0 unspecified atom stereocenters. The minimum atomic E-state index is -0.327. The van der Waals surface area contributed by atoms with E-state index in [-0.39, 0.29) is 24.6 Å². The fourth-order valence-electron chi connectivity index (χ4n) is 1.02. The molecule has 0 aromatic rings. The van der Waals surface area contributed by atoms with Gasteiger partial charge in [0.2, 0.25) is 0 Å². The standard InChI is InChI=1S/C11H19FO2/c1-3-5-6-7-10(12)8-9-11(13)14-4-2/h7H,3-6,8-9H2,1-2H3/b10-7-. The van der Waals surface area contributed by atoms with E-state index in [1.54, 1.807) is 13.0 Å². The molecular formula is C11H19FO2. The molecule has 3 heteroatoms. The van der Waals surface area contributed by atoms with Gasteiger partial charge in [-0.2, -0.15) is 0 Å². The summed E-state index contributed by atoms with van der Waals surface area (Å²) in [6.07, 6.45) is 4.67. The smallest absolute Gasteiger partial charge is 0.306 e. The van der Waals surface area contributed by atoms with Crippen LogP contribution in [0.2, 0.25) is 0 Å². The molecule has 0 N–H and O–H groups in total. The van der Waals surface area contributed by atoms with Gasteiger partial charge < -0.3 is 4.74 Å². The minimum Gasteiger partial charge on any atom is -0.466 e. The summed E-state index contributed by atoms with van der Waals surface area (Å²) < 4.78 is 17.7. The van der Waals surface area contributed by atoms with E-state index >= 15 is 0 Å². The van der Waals surface area contributed by atoms with E-state index in [4.69, 9.17) is 0 Å². The maximum atomic E-state index is 13.0. The van der Waals surface area contributed by atoms with Gasteiger partial charge >= 0.3 is 5.97 Å². The quantitative estimate of drug-likeness (QED) is 0.467. The number of rotatable bonds is 7. The molecule has 0 amide bonds. The zero-order chi connectivity index (χ0) is 10.8. The summed E-state index contributed by atoms with van der Waals surface area (Å²) in [5, 5.41) is 0. The summed E-state index contributed by atoms with van der Waals surface area (Å²) in [5.41, 5.74) is 0. The molecule has 14 heavy (non-hydrogen) atoms. The average molecular weight is 202 g/mol. The van der Waals surface area contributed by atoms with Crippen molar-refractivity contribution >= 4 is 5.97 Å². The molecule has 2 nitrogen and oxygen atoms in total. The lowest BCUT2D eigenvalue weighted by Crippen LogP contribution is -2.03. The molecule has 0 aromatic carbocycles. The van der Waals surface area contributed by atoms with Crippen LogP contribution in [0.4, 0.5) is 4.39 Å². The van der Waals surface area contributed by atoms with Gasteiger partial charge in [0.05, 0.1) is 18.9 Å². The third kappa shape index (κ3) is 7.77. The van der Waals surface area contributed by atoms with Gasteiger partial charge in [0.15, 0.2) is 0 Å². The van der Waals surface area contributed by atoms with Gasteiger partial charge in [-0.05, 0) is 19.8 Å². The normalized spacial score (nSPS) is 11.5. The Kier molecular flexibility index (Phi) is 8.19.